The molecule has 0 aromatic heterocycles. The summed E-state index contributed by atoms with van der Waals surface area (Å²) < 4.78 is 4.33. The topological polar surface area (TPSA) is 77.5 Å². The summed E-state index contributed by atoms with van der Waals surface area (Å²) in [6.45, 7) is 2.65. The Morgan fingerprint density at radius 2 is 1.62 bits per heavy atom. The lowest BCUT2D eigenvalue weighted by Crippen LogP contribution is -2.23. The standard InChI is InChI=1S/C8H10O5/c1-3-13-8(12)7(11)4-6(10)5(2)9/h3-4H2,1-2H3. The average Bonchev–Trinajstić information content (AvgIpc) is 2.04. The first-order chi connectivity index (χ1) is 5.99. The van der Waals surface area contributed by atoms with Gasteiger partial charge >= 0.3 is 5.97 Å². The van der Waals surface area contributed by atoms with E-state index >= 15 is 0 Å². The molecule has 0 spiro atoms. The lowest BCUT2D eigenvalue weighted by atomic mass is 10.1. The maximum atomic E-state index is 10.8. The number of hydrogen-bond donors (Lipinski definition) is 0. The highest BCUT2D eigenvalue weighted by atomic mass is 16.5. The van der Waals surface area contributed by atoms with Gasteiger partial charge in [0.25, 0.3) is 0 Å². The SMILES string of the molecule is CCOC(=O)C(=O)CC(=O)C(C)=O. The van der Waals surface area contributed by atoms with Crippen LogP contribution in [0.25, 0.3) is 0 Å². The minimum absolute atomic E-state index is 0.0683. The Balaban J connectivity index is 4.08. The van der Waals surface area contributed by atoms with Crippen molar-refractivity contribution >= 4 is 23.3 Å². The summed E-state index contributed by atoms with van der Waals surface area (Å²) in [7, 11) is 0. The van der Waals surface area contributed by atoms with E-state index in [4.69, 9.17) is 0 Å². The molecule has 72 valence electrons. The molecule has 0 aliphatic carbocycles. The second kappa shape index (κ2) is 5.18. The van der Waals surface area contributed by atoms with Gasteiger partial charge in [0, 0.05) is 6.92 Å². The van der Waals surface area contributed by atoms with Crippen LogP contribution in [0.4, 0.5) is 0 Å². The van der Waals surface area contributed by atoms with Gasteiger partial charge in [-0.1, -0.05) is 0 Å². The molecule has 0 radical (unpaired) electrons. The molecule has 0 N–H and O–H groups in total. The first kappa shape index (κ1) is 11.5. The van der Waals surface area contributed by atoms with Gasteiger partial charge in [0.05, 0.1) is 13.0 Å². The van der Waals surface area contributed by atoms with Crippen molar-refractivity contribution in [1.29, 1.82) is 0 Å². The number of Topliss-reactive ketones (excluding diaryl/α,β-unsaturated/α-hetero) is 3. The van der Waals surface area contributed by atoms with Gasteiger partial charge in [-0.3, -0.25) is 14.4 Å². The highest BCUT2D eigenvalue weighted by Crippen LogP contribution is 1.91. The Bertz CT molecular complexity index is 253. The van der Waals surface area contributed by atoms with Crippen molar-refractivity contribution < 1.29 is 23.9 Å². The maximum Gasteiger partial charge on any atom is 0.375 e. The molecule has 0 bridgehead atoms. The van der Waals surface area contributed by atoms with E-state index < -0.39 is 29.7 Å². The third-order valence-electron chi connectivity index (χ3n) is 1.22. The van der Waals surface area contributed by atoms with E-state index in [0.29, 0.717) is 0 Å². The molecule has 0 fully saturated rings. The number of ketones is 3. The van der Waals surface area contributed by atoms with E-state index in [0.717, 1.165) is 6.92 Å². The fourth-order valence-corrected chi connectivity index (χ4v) is 0.554. The summed E-state index contributed by atoms with van der Waals surface area (Å²) in [5.41, 5.74) is 0. The zero-order valence-corrected chi connectivity index (χ0v) is 7.46. The maximum absolute atomic E-state index is 10.8. The second-order valence-corrected chi connectivity index (χ2v) is 2.30. The van der Waals surface area contributed by atoms with E-state index in [-0.39, 0.29) is 6.61 Å². The molecule has 13 heavy (non-hydrogen) atoms. The highest BCUT2D eigenvalue weighted by molar-refractivity contribution is 6.46. The minimum atomic E-state index is -1.07. The second-order valence-electron chi connectivity index (χ2n) is 2.30. The summed E-state index contributed by atoms with van der Waals surface area (Å²) in [5, 5.41) is 0. The lowest BCUT2D eigenvalue weighted by molar-refractivity contribution is -0.154. The molecule has 5 nitrogen and oxygen atoms in total. The van der Waals surface area contributed by atoms with Crippen molar-refractivity contribution in [2.24, 2.45) is 0 Å². The van der Waals surface area contributed by atoms with Crippen LogP contribution in [-0.2, 0) is 23.9 Å². The predicted molar refractivity (Wildman–Crippen MR) is 41.9 cm³/mol. The molecular formula is C8H10O5. The van der Waals surface area contributed by atoms with Crippen LogP contribution in [0.2, 0.25) is 0 Å². The first-order valence-corrected chi connectivity index (χ1v) is 3.72. The Morgan fingerprint density at radius 3 is 2.00 bits per heavy atom. The summed E-state index contributed by atoms with van der Waals surface area (Å²) in [6.07, 6.45) is -0.700. The number of ether oxygens (including phenoxy) is 1. The van der Waals surface area contributed by atoms with Crippen molar-refractivity contribution in [2.45, 2.75) is 20.3 Å². The molecule has 0 aromatic carbocycles. The van der Waals surface area contributed by atoms with Crippen LogP contribution in [0, 0.1) is 0 Å². The quantitative estimate of drug-likeness (QED) is 0.333. The number of hydrogen-bond acceptors (Lipinski definition) is 5. The van der Waals surface area contributed by atoms with E-state index in [1.165, 1.54) is 6.92 Å². The van der Waals surface area contributed by atoms with E-state index in [1.807, 2.05) is 0 Å². The smallest absolute Gasteiger partial charge is 0.375 e. The fourth-order valence-electron chi connectivity index (χ4n) is 0.554. The van der Waals surface area contributed by atoms with E-state index in [2.05, 4.69) is 4.74 Å². The molecule has 0 aromatic rings. The van der Waals surface area contributed by atoms with Crippen LogP contribution < -0.4 is 0 Å². The van der Waals surface area contributed by atoms with Crippen molar-refractivity contribution in [3.63, 3.8) is 0 Å². The van der Waals surface area contributed by atoms with Gasteiger partial charge < -0.3 is 4.74 Å². The lowest BCUT2D eigenvalue weighted by Gasteiger charge is -1.98. The molecule has 0 unspecified atom stereocenters. The summed E-state index contributed by atoms with van der Waals surface area (Å²) in [4.78, 5) is 42.6. The van der Waals surface area contributed by atoms with E-state index in [1.54, 1.807) is 0 Å². The Hall–Kier alpha value is -1.52. The summed E-state index contributed by atoms with van der Waals surface area (Å²) in [5.74, 6) is -3.67. The van der Waals surface area contributed by atoms with Crippen LogP contribution in [-0.4, -0.2) is 29.9 Å². The van der Waals surface area contributed by atoms with Crippen molar-refractivity contribution in [3.05, 3.63) is 0 Å². The van der Waals surface area contributed by atoms with Gasteiger partial charge in [-0.15, -0.1) is 0 Å². The van der Waals surface area contributed by atoms with Gasteiger partial charge in [-0.25, -0.2) is 4.79 Å². The van der Waals surface area contributed by atoms with E-state index in [9.17, 15) is 19.2 Å². The number of rotatable bonds is 5. The molecule has 5 heteroatoms. The van der Waals surface area contributed by atoms with Crippen LogP contribution in [0.1, 0.15) is 20.3 Å². The molecule has 0 saturated heterocycles. The van der Waals surface area contributed by atoms with Crippen LogP contribution in [0.15, 0.2) is 0 Å². The highest BCUT2D eigenvalue weighted by Gasteiger charge is 2.20. The van der Waals surface area contributed by atoms with Crippen molar-refractivity contribution in [3.8, 4) is 0 Å². The average molecular weight is 186 g/mol. The van der Waals surface area contributed by atoms with Crippen LogP contribution in [0.5, 0.6) is 0 Å². The third-order valence-corrected chi connectivity index (χ3v) is 1.22. The Labute approximate surface area is 75.1 Å². The van der Waals surface area contributed by atoms with Crippen LogP contribution >= 0.6 is 0 Å². The minimum Gasteiger partial charge on any atom is -0.460 e. The largest absolute Gasteiger partial charge is 0.460 e. The molecule has 0 atom stereocenters. The molecule has 0 aliphatic heterocycles. The molecule has 0 heterocycles. The molecule has 0 saturated carbocycles. The summed E-state index contributed by atoms with van der Waals surface area (Å²) >= 11 is 0. The molecule has 0 amide bonds. The summed E-state index contributed by atoms with van der Waals surface area (Å²) in [6, 6.07) is 0. The molecule has 0 aliphatic rings. The monoisotopic (exact) mass is 186 g/mol. The zero-order chi connectivity index (χ0) is 10.4. The normalized spacial score (nSPS) is 9.08. The van der Waals surface area contributed by atoms with Gasteiger partial charge in [0.2, 0.25) is 11.6 Å². The molecule has 0 rings (SSSR count). The van der Waals surface area contributed by atoms with Gasteiger partial charge in [-0.2, -0.15) is 0 Å². The predicted octanol–water partition coefficient (Wildman–Crippen LogP) is -0.333. The van der Waals surface area contributed by atoms with Gasteiger partial charge in [0.1, 0.15) is 0 Å². The van der Waals surface area contributed by atoms with Gasteiger partial charge in [-0.05, 0) is 6.92 Å². The van der Waals surface area contributed by atoms with Crippen LogP contribution in [0.3, 0.4) is 0 Å². The number of carbonyl (C=O) groups excluding carboxylic acids is 4. The fraction of sp³-hybridized carbons (Fsp3) is 0.500. The Morgan fingerprint density at radius 1 is 1.08 bits per heavy atom. The first-order valence-electron chi connectivity index (χ1n) is 3.72. The molecular weight excluding hydrogens is 176 g/mol. The van der Waals surface area contributed by atoms with Crippen molar-refractivity contribution in [2.75, 3.05) is 6.61 Å². The third kappa shape index (κ3) is 4.15. The zero-order valence-electron chi connectivity index (χ0n) is 7.46. The van der Waals surface area contributed by atoms with Crippen molar-refractivity contribution in [1.82, 2.24) is 0 Å². The number of esters is 1. The number of carbonyl (C=O) groups is 4. The van der Waals surface area contributed by atoms with Gasteiger partial charge in [0.15, 0.2) is 5.78 Å². The Kier molecular flexibility index (Phi) is 4.58.